The highest BCUT2D eigenvalue weighted by Crippen LogP contribution is 2.35. The van der Waals surface area contributed by atoms with Crippen LogP contribution >= 0.6 is 11.6 Å². The van der Waals surface area contributed by atoms with Crippen molar-refractivity contribution >= 4 is 45.1 Å². The summed E-state index contributed by atoms with van der Waals surface area (Å²) in [4.78, 5) is 17.3. The van der Waals surface area contributed by atoms with Gasteiger partial charge in [-0.05, 0) is 53.9 Å². The fourth-order valence-corrected chi connectivity index (χ4v) is 4.06. The molecule has 0 saturated heterocycles. The van der Waals surface area contributed by atoms with Gasteiger partial charge in [-0.3, -0.25) is 4.79 Å². The van der Waals surface area contributed by atoms with E-state index in [1.54, 1.807) is 36.4 Å². The molecule has 0 radical (unpaired) electrons. The molecule has 4 aromatic carbocycles. The van der Waals surface area contributed by atoms with Gasteiger partial charge < -0.3 is 19.2 Å². The van der Waals surface area contributed by atoms with Crippen molar-refractivity contribution < 1.29 is 18.7 Å². The van der Waals surface area contributed by atoms with E-state index in [2.05, 4.69) is 10.3 Å². The third-order valence-electron chi connectivity index (χ3n) is 5.38. The lowest BCUT2D eigenvalue weighted by Crippen LogP contribution is -2.11. The van der Waals surface area contributed by atoms with Gasteiger partial charge in [-0.2, -0.15) is 0 Å². The average molecular weight is 443 g/mol. The third kappa shape index (κ3) is 3.13. The molecule has 0 atom stereocenters. The van der Waals surface area contributed by atoms with Gasteiger partial charge in [-0.25, -0.2) is 4.98 Å². The molecule has 0 fully saturated rings. The number of nitrogens with one attached hydrogen (secondary N) is 1. The first-order valence-electron chi connectivity index (χ1n) is 9.95. The number of hydrogen-bond acceptors (Lipinski definition) is 5. The van der Waals surface area contributed by atoms with Crippen LogP contribution in [0, 0.1) is 0 Å². The summed E-state index contributed by atoms with van der Waals surface area (Å²) in [6.07, 6.45) is 0. The van der Waals surface area contributed by atoms with Gasteiger partial charge in [-0.1, -0.05) is 35.9 Å². The van der Waals surface area contributed by atoms with Crippen LogP contribution in [0.2, 0.25) is 5.02 Å². The van der Waals surface area contributed by atoms with E-state index in [1.807, 2.05) is 36.4 Å². The van der Waals surface area contributed by atoms with Gasteiger partial charge >= 0.3 is 0 Å². The molecule has 0 bridgehead atoms. The van der Waals surface area contributed by atoms with Crippen LogP contribution in [0.15, 0.2) is 77.2 Å². The molecule has 1 amide bonds. The molecule has 0 spiro atoms. The molecule has 156 valence electrons. The van der Waals surface area contributed by atoms with Gasteiger partial charge in [0.05, 0.1) is 0 Å². The van der Waals surface area contributed by atoms with Gasteiger partial charge in [0, 0.05) is 27.2 Å². The summed E-state index contributed by atoms with van der Waals surface area (Å²) in [7, 11) is 0. The van der Waals surface area contributed by atoms with E-state index >= 15 is 0 Å². The standard InChI is InChI=1S/C25H15ClN2O4/c26-19-6-2-3-16-17(19)4-1-5-18(16)25-28-20-12-15(8-10-21(20)32-25)27-24(29)14-7-9-22-23(11-14)31-13-30-22/h1-12H,13H2,(H,27,29). The van der Waals surface area contributed by atoms with Crippen molar-refractivity contribution in [2.24, 2.45) is 0 Å². The number of carbonyl (C=O) groups is 1. The normalized spacial score (nSPS) is 12.4. The molecule has 0 saturated carbocycles. The highest BCUT2D eigenvalue weighted by Gasteiger charge is 2.17. The minimum atomic E-state index is -0.255. The Morgan fingerprint density at radius 3 is 2.69 bits per heavy atom. The Morgan fingerprint density at radius 1 is 0.906 bits per heavy atom. The van der Waals surface area contributed by atoms with Crippen molar-refractivity contribution in [2.75, 3.05) is 12.1 Å². The van der Waals surface area contributed by atoms with E-state index < -0.39 is 0 Å². The lowest BCUT2D eigenvalue weighted by molar-refractivity contribution is 0.102. The van der Waals surface area contributed by atoms with Gasteiger partial charge in [0.25, 0.3) is 5.91 Å². The molecule has 1 aromatic heterocycles. The van der Waals surface area contributed by atoms with Crippen LogP contribution < -0.4 is 14.8 Å². The largest absolute Gasteiger partial charge is 0.454 e. The van der Waals surface area contributed by atoms with Crippen molar-refractivity contribution in [3.63, 3.8) is 0 Å². The quantitative estimate of drug-likeness (QED) is 0.356. The molecular formula is C25H15ClN2O4. The number of amides is 1. The Bertz CT molecular complexity index is 1530. The molecule has 0 unspecified atom stereocenters. The molecule has 2 heterocycles. The summed E-state index contributed by atoms with van der Waals surface area (Å²) in [5, 5.41) is 5.46. The third-order valence-corrected chi connectivity index (χ3v) is 5.71. The van der Waals surface area contributed by atoms with Crippen molar-refractivity contribution in [1.82, 2.24) is 4.98 Å². The second-order valence-corrected chi connectivity index (χ2v) is 7.77. The summed E-state index contributed by atoms with van der Waals surface area (Å²) in [5.74, 6) is 1.43. The number of fused-ring (bicyclic) bond motifs is 3. The maximum absolute atomic E-state index is 12.7. The maximum Gasteiger partial charge on any atom is 0.255 e. The smallest absolute Gasteiger partial charge is 0.255 e. The number of anilines is 1. The van der Waals surface area contributed by atoms with Crippen molar-refractivity contribution in [2.45, 2.75) is 0 Å². The monoisotopic (exact) mass is 442 g/mol. The minimum absolute atomic E-state index is 0.161. The molecule has 32 heavy (non-hydrogen) atoms. The molecule has 1 N–H and O–H groups in total. The first-order chi connectivity index (χ1) is 15.7. The first-order valence-corrected chi connectivity index (χ1v) is 10.3. The molecule has 0 aliphatic carbocycles. The summed E-state index contributed by atoms with van der Waals surface area (Å²) >= 11 is 6.34. The Kier molecular flexibility index (Phi) is 4.26. The van der Waals surface area contributed by atoms with Crippen LogP contribution in [0.5, 0.6) is 11.5 Å². The SMILES string of the molecule is O=C(Nc1ccc2oc(-c3cccc4c(Cl)cccc34)nc2c1)c1ccc2c(c1)OCO2. The summed E-state index contributed by atoms with van der Waals surface area (Å²) in [6, 6.07) is 22.0. The molecule has 5 aromatic rings. The number of rotatable bonds is 3. The van der Waals surface area contributed by atoms with E-state index in [-0.39, 0.29) is 12.7 Å². The van der Waals surface area contributed by atoms with Crippen LogP contribution in [-0.4, -0.2) is 17.7 Å². The fraction of sp³-hybridized carbons (Fsp3) is 0.0400. The van der Waals surface area contributed by atoms with Crippen molar-refractivity contribution in [3.05, 3.63) is 83.4 Å². The number of oxazole rings is 1. The van der Waals surface area contributed by atoms with Crippen LogP contribution in [0.4, 0.5) is 5.69 Å². The van der Waals surface area contributed by atoms with Gasteiger partial charge in [0.1, 0.15) is 5.52 Å². The zero-order valence-corrected chi connectivity index (χ0v) is 17.3. The van der Waals surface area contributed by atoms with Gasteiger partial charge in [-0.15, -0.1) is 0 Å². The number of hydrogen-bond donors (Lipinski definition) is 1. The molecule has 7 heteroatoms. The number of aromatic nitrogens is 1. The summed E-state index contributed by atoms with van der Waals surface area (Å²) in [6.45, 7) is 0.161. The van der Waals surface area contributed by atoms with E-state index in [4.69, 9.17) is 25.5 Å². The lowest BCUT2D eigenvalue weighted by Gasteiger charge is -2.05. The molecular weight excluding hydrogens is 428 g/mol. The molecule has 6 nitrogen and oxygen atoms in total. The number of nitrogens with zero attached hydrogens (tertiary/aromatic N) is 1. The minimum Gasteiger partial charge on any atom is -0.454 e. The summed E-state index contributed by atoms with van der Waals surface area (Å²) in [5.41, 5.74) is 3.21. The number of ether oxygens (including phenoxy) is 2. The Labute approximate surface area is 187 Å². The van der Waals surface area contributed by atoms with E-state index in [0.717, 1.165) is 16.3 Å². The van der Waals surface area contributed by atoms with Crippen LogP contribution in [0.3, 0.4) is 0 Å². The first kappa shape index (κ1) is 18.7. The zero-order chi connectivity index (χ0) is 21.7. The van der Waals surface area contributed by atoms with Gasteiger partial charge in [0.2, 0.25) is 12.7 Å². The molecule has 1 aliphatic rings. The van der Waals surface area contributed by atoms with E-state index in [9.17, 15) is 4.79 Å². The number of carbonyl (C=O) groups excluding carboxylic acids is 1. The average Bonchev–Trinajstić information content (AvgIpc) is 3.45. The predicted molar refractivity (Wildman–Crippen MR) is 122 cm³/mol. The highest BCUT2D eigenvalue weighted by atomic mass is 35.5. The number of benzene rings is 4. The van der Waals surface area contributed by atoms with Crippen LogP contribution in [-0.2, 0) is 0 Å². The maximum atomic E-state index is 12.7. The second-order valence-electron chi connectivity index (χ2n) is 7.36. The molecule has 1 aliphatic heterocycles. The number of halogens is 1. The van der Waals surface area contributed by atoms with Crippen molar-refractivity contribution in [1.29, 1.82) is 0 Å². The van der Waals surface area contributed by atoms with Crippen LogP contribution in [0.1, 0.15) is 10.4 Å². The highest BCUT2D eigenvalue weighted by molar-refractivity contribution is 6.35. The predicted octanol–water partition coefficient (Wildman–Crippen LogP) is 6.28. The topological polar surface area (TPSA) is 73.6 Å². The van der Waals surface area contributed by atoms with Crippen LogP contribution in [0.25, 0.3) is 33.3 Å². The fourth-order valence-electron chi connectivity index (χ4n) is 3.82. The second kappa shape index (κ2) is 7.28. The Morgan fingerprint density at radius 2 is 1.75 bits per heavy atom. The zero-order valence-electron chi connectivity index (χ0n) is 16.6. The van der Waals surface area contributed by atoms with Crippen molar-refractivity contribution in [3.8, 4) is 23.0 Å². The Hall–Kier alpha value is -4.03. The van der Waals surface area contributed by atoms with E-state index in [0.29, 0.717) is 44.8 Å². The Balaban J connectivity index is 1.32. The molecule has 6 rings (SSSR count). The van der Waals surface area contributed by atoms with Gasteiger partial charge in [0.15, 0.2) is 17.1 Å². The summed E-state index contributed by atoms with van der Waals surface area (Å²) < 4.78 is 16.6. The van der Waals surface area contributed by atoms with E-state index in [1.165, 1.54) is 0 Å². The lowest BCUT2D eigenvalue weighted by atomic mass is 10.0.